The second-order valence-electron chi connectivity index (χ2n) is 5.92. The summed E-state index contributed by atoms with van der Waals surface area (Å²) in [7, 11) is -7.70. The highest BCUT2D eigenvalue weighted by atomic mass is 32.2. The molecule has 10 heteroatoms. The minimum atomic E-state index is -4.34. The molecule has 2 aromatic rings. The molecule has 0 amide bonds. The van der Waals surface area contributed by atoms with E-state index in [0.29, 0.717) is 30.3 Å². The maximum absolute atomic E-state index is 13.8. The van der Waals surface area contributed by atoms with Crippen molar-refractivity contribution < 1.29 is 25.6 Å². The smallest absolute Gasteiger partial charge is 0.264 e. The number of nitrogens with zero attached hydrogens (tertiary/aromatic N) is 1. The first-order valence-corrected chi connectivity index (χ1v) is 10.8. The van der Waals surface area contributed by atoms with E-state index < -0.39 is 36.6 Å². The fraction of sp³-hybridized carbons (Fsp3) is 0.250. The molecule has 26 heavy (non-hydrogen) atoms. The second-order valence-corrected chi connectivity index (χ2v) is 9.58. The van der Waals surface area contributed by atoms with Crippen LogP contribution in [0.3, 0.4) is 0 Å². The number of sulfonamides is 2. The van der Waals surface area contributed by atoms with Crippen LogP contribution in [0.1, 0.15) is 12.0 Å². The number of aryl methyl sites for hydroxylation is 1. The lowest BCUT2D eigenvalue weighted by Crippen LogP contribution is -2.25. The van der Waals surface area contributed by atoms with Crippen LogP contribution in [0.2, 0.25) is 0 Å². The first kappa shape index (κ1) is 18.6. The van der Waals surface area contributed by atoms with Crippen LogP contribution >= 0.6 is 0 Å². The number of hydrogen-bond acceptors (Lipinski definition) is 4. The fourth-order valence-corrected chi connectivity index (χ4v) is 5.51. The van der Waals surface area contributed by atoms with Crippen LogP contribution in [-0.4, -0.2) is 29.1 Å². The van der Waals surface area contributed by atoms with Crippen molar-refractivity contribution in [2.45, 2.75) is 18.2 Å². The monoisotopic (exact) mass is 402 g/mol. The molecule has 6 nitrogen and oxygen atoms in total. The van der Waals surface area contributed by atoms with Gasteiger partial charge in [0.2, 0.25) is 10.0 Å². The summed E-state index contributed by atoms with van der Waals surface area (Å²) in [6.45, 7) is 1.95. The minimum absolute atomic E-state index is 0.0687. The summed E-state index contributed by atoms with van der Waals surface area (Å²) in [6.07, 6.45) is 0.522. The van der Waals surface area contributed by atoms with Crippen molar-refractivity contribution in [3.8, 4) is 0 Å². The molecule has 1 fully saturated rings. The van der Waals surface area contributed by atoms with E-state index in [0.717, 1.165) is 12.1 Å². The molecule has 2 aromatic carbocycles. The van der Waals surface area contributed by atoms with Gasteiger partial charge < -0.3 is 0 Å². The number of anilines is 2. The Balaban J connectivity index is 1.92. The molecule has 3 rings (SSSR count). The third kappa shape index (κ3) is 3.51. The molecule has 1 aliphatic rings. The normalized spacial score (nSPS) is 16.7. The topological polar surface area (TPSA) is 83.6 Å². The van der Waals surface area contributed by atoms with Crippen molar-refractivity contribution in [1.82, 2.24) is 0 Å². The zero-order chi connectivity index (χ0) is 19.1. The van der Waals surface area contributed by atoms with Crippen LogP contribution in [0.5, 0.6) is 0 Å². The highest BCUT2D eigenvalue weighted by Gasteiger charge is 2.29. The maximum atomic E-state index is 13.8. The van der Waals surface area contributed by atoms with E-state index in [1.807, 2.05) is 0 Å². The predicted molar refractivity (Wildman–Crippen MR) is 94.1 cm³/mol. The zero-order valence-electron chi connectivity index (χ0n) is 13.7. The van der Waals surface area contributed by atoms with Crippen LogP contribution in [0.4, 0.5) is 20.2 Å². The lowest BCUT2D eigenvalue weighted by Gasteiger charge is -2.19. The molecule has 0 aliphatic carbocycles. The summed E-state index contributed by atoms with van der Waals surface area (Å²) in [6, 6.07) is 6.55. The number of hydrogen-bond donors (Lipinski definition) is 1. The van der Waals surface area contributed by atoms with Gasteiger partial charge in [-0.1, -0.05) is 0 Å². The van der Waals surface area contributed by atoms with Crippen LogP contribution in [-0.2, 0) is 20.0 Å². The van der Waals surface area contributed by atoms with Gasteiger partial charge in [-0.05, 0) is 55.3 Å². The van der Waals surface area contributed by atoms with Crippen molar-refractivity contribution in [2.75, 3.05) is 21.3 Å². The number of halogens is 2. The number of nitrogens with one attached hydrogen (secondary N) is 1. The minimum Gasteiger partial charge on any atom is -0.279 e. The van der Waals surface area contributed by atoms with Gasteiger partial charge in [0.25, 0.3) is 10.0 Å². The van der Waals surface area contributed by atoms with Crippen LogP contribution in [0.15, 0.2) is 41.3 Å². The largest absolute Gasteiger partial charge is 0.279 e. The van der Waals surface area contributed by atoms with Gasteiger partial charge in [-0.3, -0.25) is 9.03 Å². The van der Waals surface area contributed by atoms with Crippen molar-refractivity contribution in [3.05, 3.63) is 53.6 Å². The Morgan fingerprint density at radius 3 is 2.46 bits per heavy atom. The van der Waals surface area contributed by atoms with Gasteiger partial charge in [0.05, 0.1) is 17.1 Å². The lowest BCUT2D eigenvalue weighted by molar-refractivity contribution is 0.555. The molecule has 0 radical (unpaired) electrons. The number of rotatable bonds is 4. The van der Waals surface area contributed by atoms with Crippen molar-refractivity contribution >= 4 is 31.4 Å². The van der Waals surface area contributed by atoms with Gasteiger partial charge in [-0.25, -0.2) is 25.6 Å². The Morgan fingerprint density at radius 2 is 1.85 bits per heavy atom. The summed E-state index contributed by atoms with van der Waals surface area (Å²) >= 11 is 0. The molecular weight excluding hydrogens is 386 g/mol. The third-order valence-corrected chi connectivity index (χ3v) is 7.27. The Hall–Kier alpha value is -2.20. The first-order valence-electron chi connectivity index (χ1n) is 7.69. The first-order chi connectivity index (χ1) is 12.1. The molecule has 1 heterocycles. The fourth-order valence-electron chi connectivity index (χ4n) is 2.73. The van der Waals surface area contributed by atoms with E-state index in [9.17, 15) is 25.6 Å². The predicted octanol–water partition coefficient (Wildman–Crippen LogP) is 2.61. The maximum Gasteiger partial charge on any atom is 0.264 e. The van der Waals surface area contributed by atoms with E-state index in [1.165, 1.54) is 22.5 Å². The standard InChI is InChI=1S/C16H16F2N2O4S2/c1-11-9-13(20-7-2-8-25(20,21)22)4-6-15(11)19-26(23,24)16-10-12(17)3-5-14(16)18/h3-6,9-10,19H,2,7-8H2,1H3. The summed E-state index contributed by atoms with van der Waals surface area (Å²) in [5.74, 6) is -1.88. The van der Waals surface area contributed by atoms with E-state index in [-0.39, 0.29) is 11.4 Å². The molecule has 0 unspecified atom stereocenters. The zero-order valence-corrected chi connectivity index (χ0v) is 15.4. The molecular formula is C16H16F2N2O4S2. The highest BCUT2D eigenvalue weighted by molar-refractivity contribution is 7.93. The Kier molecular flexibility index (Phi) is 4.65. The molecule has 0 atom stereocenters. The summed E-state index contributed by atoms with van der Waals surface area (Å²) < 4.78 is 79.2. The molecule has 0 saturated carbocycles. The van der Waals surface area contributed by atoms with Gasteiger partial charge in [0.15, 0.2) is 0 Å². The average molecular weight is 402 g/mol. The Morgan fingerprint density at radius 1 is 1.12 bits per heavy atom. The van der Waals surface area contributed by atoms with Crippen molar-refractivity contribution in [1.29, 1.82) is 0 Å². The summed E-state index contributed by atoms with van der Waals surface area (Å²) in [5.41, 5.74) is 1.03. The van der Waals surface area contributed by atoms with E-state index in [4.69, 9.17) is 0 Å². The van der Waals surface area contributed by atoms with Gasteiger partial charge in [0, 0.05) is 6.54 Å². The molecule has 0 aromatic heterocycles. The van der Waals surface area contributed by atoms with Crippen LogP contribution in [0.25, 0.3) is 0 Å². The van der Waals surface area contributed by atoms with E-state index >= 15 is 0 Å². The van der Waals surface area contributed by atoms with Gasteiger partial charge in [-0.15, -0.1) is 0 Å². The van der Waals surface area contributed by atoms with E-state index in [2.05, 4.69) is 4.72 Å². The lowest BCUT2D eigenvalue weighted by atomic mass is 10.2. The van der Waals surface area contributed by atoms with E-state index in [1.54, 1.807) is 6.92 Å². The number of benzene rings is 2. The van der Waals surface area contributed by atoms with Crippen LogP contribution in [0, 0.1) is 18.6 Å². The Labute approximate surface area is 150 Å². The molecule has 140 valence electrons. The molecule has 0 spiro atoms. The average Bonchev–Trinajstić information content (AvgIpc) is 2.91. The van der Waals surface area contributed by atoms with Gasteiger partial charge in [0.1, 0.15) is 16.5 Å². The molecule has 1 N–H and O–H groups in total. The quantitative estimate of drug-likeness (QED) is 0.852. The van der Waals surface area contributed by atoms with Crippen molar-refractivity contribution in [3.63, 3.8) is 0 Å². The van der Waals surface area contributed by atoms with Gasteiger partial charge in [-0.2, -0.15) is 0 Å². The third-order valence-electron chi connectivity index (χ3n) is 4.02. The SMILES string of the molecule is Cc1cc(N2CCCS2(=O)=O)ccc1NS(=O)(=O)c1cc(F)ccc1F. The molecule has 1 aliphatic heterocycles. The second kappa shape index (κ2) is 6.51. The van der Waals surface area contributed by atoms with Crippen molar-refractivity contribution in [2.24, 2.45) is 0 Å². The van der Waals surface area contributed by atoms with Gasteiger partial charge >= 0.3 is 0 Å². The molecule has 0 bridgehead atoms. The summed E-state index contributed by atoms with van der Waals surface area (Å²) in [4.78, 5) is -0.803. The van der Waals surface area contributed by atoms with Crippen LogP contribution < -0.4 is 9.03 Å². The Bertz CT molecular complexity index is 1070. The summed E-state index contributed by atoms with van der Waals surface area (Å²) in [5, 5.41) is 0. The molecule has 1 saturated heterocycles. The highest BCUT2D eigenvalue weighted by Crippen LogP contribution is 2.29.